The first-order valence-electron chi connectivity index (χ1n) is 10.2. The quantitative estimate of drug-likeness (QED) is 0.372. The number of pyridine rings is 1. The topological polar surface area (TPSA) is 159 Å². The van der Waals surface area contributed by atoms with E-state index < -0.39 is 27.0 Å². The number of aliphatic carboxylic acids is 1. The van der Waals surface area contributed by atoms with Crippen molar-refractivity contribution in [3.8, 4) is 6.07 Å². The molecule has 1 aromatic carbocycles. The number of amides is 1. The van der Waals surface area contributed by atoms with E-state index >= 15 is 0 Å². The number of fused-ring (bicyclic) bond motifs is 1. The number of carboxylic acids is 1. The van der Waals surface area contributed by atoms with Crippen LogP contribution in [-0.4, -0.2) is 34.8 Å². The Kier molecular flexibility index (Phi) is 5.73. The third kappa shape index (κ3) is 3.82. The normalized spacial score (nSPS) is 12.4. The molecular weight excluding hydrogens is 456 g/mol. The van der Waals surface area contributed by atoms with E-state index in [-0.39, 0.29) is 16.9 Å². The number of nitriles is 1. The number of aromatic nitrogens is 2. The summed E-state index contributed by atoms with van der Waals surface area (Å²) in [6.07, 6.45) is 2.79. The maximum Gasteiger partial charge on any atom is 0.307 e. The van der Waals surface area contributed by atoms with Gasteiger partial charge in [0.2, 0.25) is 5.91 Å². The molecule has 0 saturated heterocycles. The van der Waals surface area contributed by atoms with E-state index in [1.165, 1.54) is 30.5 Å². The molecule has 0 fully saturated rings. The maximum absolute atomic E-state index is 14.0. The molecule has 3 aromatic heterocycles. The molecule has 4 N–H and O–H groups in total. The first-order chi connectivity index (χ1) is 16.1. The van der Waals surface area contributed by atoms with Crippen molar-refractivity contribution in [2.24, 2.45) is 5.73 Å². The van der Waals surface area contributed by atoms with Crippen LogP contribution in [0.1, 0.15) is 43.7 Å². The van der Waals surface area contributed by atoms with E-state index in [9.17, 15) is 28.4 Å². The Labute approximate surface area is 195 Å². The minimum Gasteiger partial charge on any atom is -0.481 e. The molecule has 0 aliphatic carbocycles. The molecule has 172 valence electrons. The van der Waals surface area contributed by atoms with Crippen LogP contribution in [0.5, 0.6) is 0 Å². The van der Waals surface area contributed by atoms with Gasteiger partial charge in [-0.05, 0) is 66.6 Å². The smallest absolute Gasteiger partial charge is 0.307 e. The number of carbonyl (C=O) groups is 2. The van der Waals surface area contributed by atoms with E-state index in [1.54, 1.807) is 41.8 Å². The first kappa shape index (κ1) is 22.8. The number of hydrogen-bond donors (Lipinski definition) is 3. The Balaban J connectivity index is 2.03. The predicted molar refractivity (Wildman–Crippen MR) is 123 cm³/mol. The van der Waals surface area contributed by atoms with Crippen molar-refractivity contribution in [1.29, 1.82) is 5.26 Å². The highest BCUT2D eigenvalue weighted by atomic mass is 32.2. The predicted octanol–water partition coefficient (Wildman–Crippen LogP) is 2.74. The lowest BCUT2D eigenvalue weighted by Gasteiger charge is -2.19. The van der Waals surface area contributed by atoms with Gasteiger partial charge in [-0.1, -0.05) is 0 Å². The third-order valence-electron chi connectivity index (χ3n) is 5.74. The van der Waals surface area contributed by atoms with Gasteiger partial charge in [0.05, 0.1) is 22.6 Å². The lowest BCUT2D eigenvalue weighted by atomic mass is 10.1. The van der Waals surface area contributed by atoms with Crippen molar-refractivity contribution in [1.82, 2.24) is 9.38 Å². The number of primary amides is 1. The van der Waals surface area contributed by atoms with Crippen molar-refractivity contribution in [3.63, 3.8) is 0 Å². The zero-order valence-corrected chi connectivity index (χ0v) is 18.8. The Hall–Kier alpha value is -4.36. The summed E-state index contributed by atoms with van der Waals surface area (Å²) in [6.45, 7) is 1.67. The molecule has 0 spiro atoms. The maximum atomic E-state index is 14.0. The zero-order valence-electron chi connectivity index (χ0n) is 18.0. The van der Waals surface area contributed by atoms with Gasteiger partial charge in [0.1, 0.15) is 11.3 Å². The second-order valence-electron chi connectivity index (χ2n) is 7.78. The number of benzene rings is 1. The molecule has 0 aliphatic heterocycles. The molecule has 0 aliphatic rings. The highest BCUT2D eigenvalue weighted by Gasteiger charge is 2.36. The summed E-state index contributed by atoms with van der Waals surface area (Å²) in [4.78, 5) is 25.9. The van der Waals surface area contributed by atoms with Gasteiger partial charge in [0.15, 0.2) is 9.84 Å². The summed E-state index contributed by atoms with van der Waals surface area (Å²) in [5.74, 6) is -1.74. The number of nitrogens with two attached hydrogens (primary N) is 1. The van der Waals surface area contributed by atoms with Crippen LogP contribution in [0.3, 0.4) is 0 Å². The number of carboxylic acid groups (broad SMARTS) is 1. The third-order valence-corrected chi connectivity index (χ3v) is 7.77. The molecule has 10 heteroatoms. The highest BCUT2D eigenvalue weighted by molar-refractivity contribution is 7.91. The van der Waals surface area contributed by atoms with Crippen LogP contribution >= 0.6 is 0 Å². The van der Waals surface area contributed by atoms with Crippen LogP contribution in [0.4, 0.5) is 0 Å². The molecule has 34 heavy (non-hydrogen) atoms. The number of rotatable bonds is 7. The SMILES string of the molecule is Cc1c(CC(=O)O)c2ccc(C#N)cn2c1C(c1ccc[nH]1)S(=O)(=O)c1ccc(C(N)=O)cc1. The number of nitrogens with one attached hydrogen (secondary N) is 1. The van der Waals surface area contributed by atoms with Crippen molar-refractivity contribution < 1.29 is 23.1 Å². The van der Waals surface area contributed by atoms with E-state index in [4.69, 9.17) is 5.73 Å². The molecule has 0 bridgehead atoms. The van der Waals surface area contributed by atoms with Crippen molar-refractivity contribution >= 4 is 27.2 Å². The molecule has 1 atom stereocenters. The molecule has 4 aromatic rings. The van der Waals surface area contributed by atoms with Gasteiger partial charge in [-0.15, -0.1) is 0 Å². The molecule has 0 radical (unpaired) electrons. The Morgan fingerprint density at radius 1 is 1.18 bits per heavy atom. The van der Waals surface area contributed by atoms with E-state index in [0.29, 0.717) is 33.6 Å². The van der Waals surface area contributed by atoms with Gasteiger partial charge in [0.25, 0.3) is 0 Å². The molecule has 4 rings (SSSR count). The largest absolute Gasteiger partial charge is 0.481 e. The van der Waals surface area contributed by atoms with Gasteiger partial charge in [0, 0.05) is 29.2 Å². The second kappa shape index (κ2) is 8.53. The summed E-state index contributed by atoms with van der Waals surface area (Å²) >= 11 is 0. The zero-order chi connectivity index (χ0) is 24.6. The summed E-state index contributed by atoms with van der Waals surface area (Å²) in [5.41, 5.74) is 7.89. The number of carbonyl (C=O) groups excluding carboxylic acids is 1. The second-order valence-corrected chi connectivity index (χ2v) is 9.82. The number of hydrogen-bond acceptors (Lipinski definition) is 5. The monoisotopic (exact) mass is 476 g/mol. The van der Waals surface area contributed by atoms with Gasteiger partial charge in [-0.2, -0.15) is 5.26 Å². The van der Waals surface area contributed by atoms with Crippen molar-refractivity contribution in [2.45, 2.75) is 23.5 Å². The molecule has 1 amide bonds. The molecule has 1 unspecified atom stereocenters. The Bertz CT molecular complexity index is 1560. The van der Waals surface area contributed by atoms with Gasteiger partial charge < -0.3 is 20.2 Å². The van der Waals surface area contributed by atoms with Crippen LogP contribution in [0.2, 0.25) is 0 Å². The van der Waals surface area contributed by atoms with Crippen LogP contribution in [-0.2, 0) is 21.1 Å². The average Bonchev–Trinajstić information content (AvgIpc) is 3.42. The molecule has 0 saturated carbocycles. The fourth-order valence-electron chi connectivity index (χ4n) is 4.15. The lowest BCUT2D eigenvalue weighted by molar-refractivity contribution is -0.136. The lowest BCUT2D eigenvalue weighted by Crippen LogP contribution is -2.19. The number of sulfone groups is 1. The average molecular weight is 477 g/mol. The summed E-state index contributed by atoms with van der Waals surface area (Å²) in [5, 5.41) is 17.6. The van der Waals surface area contributed by atoms with Crippen LogP contribution < -0.4 is 5.73 Å². The summed E-state index contributed by atoms with van der Waals surface area (Å²) in [6, 6.07) is 13.8. The first-order valence-corrected chi connectivity index (χ1v) is 11.7. The van der Waals surface area contributed by atoms with Gasteiger partial charge in [-0.3, -0.25) is 9.59 Å². The molecular formula is C24H20N4O5S. The summed E-state index contributed by atoms with van der Waals surface area (Å²) in [7, 11) is -4.10. The Morgan fingerprint density at radius 3 is 2.44 bits per heavy atom. The van der Waals surface area contributed by atoms with E-state index in [1.807, 2.05) is 6.07 Å². The van der Waals surface area contributed by atoms with E-state index in [2.05, 4.69) is 4.98 Å². The van der Waals surface area contributed by atoms with E-state index in [0.717, 1.165) is 0 Å². The number of aromatic amines is 1. The number of H-pyrrole nitrogens is 1. The highest BCUT2D eigenvalue weighted by Crippen LogP contribution is 2.39. The molecule has 9 nitrogen and oxygen atoms in total. The Morgan fingerprint density at radius 2 is 1.88 bits per heavy atom. The van der Waals surface area contributed by atoms with Crippen molar-refractivity contribution in [2.75, 3.05) is 0 Å². The fraction of sp³-hybridized carbons (Fsp3) is 0.125. The molecule has 3 heterocycles. The van der Waals surface area contributed by atoms with Gasteiger partial charge >= 0.3 is 5.97 Å². The van der Waals surface area contributed by atoms with Gasteiger partial charge in [-0.25, -0.2) is 8.42 Å². The van der Waals surface area contributed by atoms with Crippen molar-refractivity contribution in [3.05, 3.63) is 94.6 Å². The number of nitrogens with zero attached hydrogens (tertiary/aromatic N) is 2. The van der Waals surface area contributed by atoms with Crippen LogP contribution in [0, 0.1) is 18.3 Å². The fourth-order valence-corrected chi connectivity index (χ4v) is 6.00. The minimum absolute atomic E-state index is 0.0392. The van der Waals surface area contributed by atoms with Crippen LogP contribution in [0.15, 0.2) is 65.8 Å². The van der Waals surface area contributed by atoms with Crippen LogP contribution in [0.25, 0.3) is 5.52 Å². The summed E-state index contributed by atoms with van der Waals surface area (Å²) < 4.78 is 29.5. The minimum atomic E-state index is -4.10. The standard InChI is InChI=1S/C24H20N4O5S/c1-14-18(11-21(29)30)20-9-4-15(12-25)13-28(20)22(14)23(19-3-2-10-27-19)34(32,33)17-7-5-16(6-8-17)24(26)31/h2-10,13,23,27H,11H2,1H3,(H2,26,31)(H,29,30).